The summed E-state index contributed by atoms with van der Waals surface area (Å²) in [6.07, 6.45) is 2.16. The average molecular weight is 251 g/mol. The number of halogens is 1. The summed E-state index contributed by atoms with van der Waals surface area (Å²) < 4.78 is 15.5. The van der Waals surface area contributed by atoms with E-state index in [2.05, 4.69) is 31.5 Å². The highest BCUT2D eigenvalue weighted by molar-refractivity contribution is 7.98. The van der Waals surface area contributed by atoms with Crippen molar-refractivity contribution in [3.8, 4) is 0 Å². The van der Waals surface area contributed by atoms with Crippen molar-refractivity contribution < 1.29 is 4.39 Å². The van der Waals surface area contributed by atoms with Gasteiger partial charge < -0.3 is 4.57 Å². The van der Waals surface area contributed by atoms with Gasteiger partial charge in [-0.1, -0.05) is 6.92 Å². The number of nitrogens with zero attached hydrogens (tertiary/aromatic N) is 1. The second-order valence-electron chi connectivity index (χ2n) is 4.45. The Bertz CT molecular complexity index is 516. The van der Waals surface area contributed by atoms with Crippen molar-refractivity contribution in [3.63, 3.8) is 0 Å². The first kappa shape index (κ1) is 12.5. The molecule has 0 saturated heterocycles. The van der Waals surface area contributed by atoms with Crippen molar-refractivity contribution in [3.05, 3.63) is 35.8 Å². The topological polar surface area (TPSA) is 4.93 Å². The lowest BCUT2D eigenvalue weighted by Gasteiger charge is -2.08. The second-order valence-corrected chi connectivity index (χ2v) is 5.73. The maximum Gasteiger partial charge on any atom is 0.125 e. The van der Waals surface area contributed by atoms with Crippen LogP contribution in [-0.4, -0.2) is 10.3 Å². The summed E-state index contributed by atoms with van der Waals surface area (Å²) in [6.45, 7) is 6.41. The molecule has 0 aliphatic carbocycles. The number of hydrogen-bond acceptors (Lipinski definition) is 1. The van der Waals surface area contributed by atoms with Crippen LogP contribution in [0.1, 0.15) is 32.4 Å². The molecular weight excluding hydrogens is 233 g/mol. The highest BCUT2D eigenvalue weighted by Gasteiger charge is 2.11. The van der Waals surface area contributed by atoms with Crippen LogP contribution in [0.2, 0.25) is 0 Å². The van der Waals surface area contributed by atoms with Gasteiger partial charge in [0.2, 0.25) is 0 Å². The molecule has 0 unspecified atom stereocenters. The Kier molecular flexibility index (Phi) is 3.77. The Morgan fingerprint density at radius 2 is 2.12 bits per heavy atom. The highest BCUT2D eigenvalue weighted by Crippen LogP contribution is 2.28. The summed E-state index contributed by atoms with van der Waals surface area (Å²) in [5, 5.41) is 1.18. The number of rotatable bonds is 4. The van der Waals surface area contributed by atoms with Gasteiger partial charge >= 0.3 is 0 Å². The summed E-state index contributed by atoms with van der Waals surface area (Å²) in [7, 11) is 0. The lowest BCUT2D eigenvalue weighted by Crippen LogP contribution is -1.98. The fourth-order valence-electron chi connectivity index (χ4n) is 2.05. The van der Waals surface area contributed by atoms with Crippen molar-refractivity contribution >= 4 is 22.7 Å². The van der Waals surface area contributed by atoms with E-state index in [0.717, 1.165) is 17.0 Å². The molecule has 0 atom stereocenters. The van der Waals surface area contributed by atoms with Gasteiger partial charge in [0.15, 0.2) is 0 Å². The van der Waals surface area contributed by atoms with E-state index in [-0.39, 0.29) is 5.82 Å². The minimum Gasteiger partial charge on any atom is -0.345 e. The zero-order valence-corrected chi connectivity index (χ0v) is 11.4. The molecule has 0 aliphatic heterocycles. The molecule has 2 aromatic rings. The first-order valence-electron chi connectivity index (χ1n) is 6.00. The molecule has 17 heavy (non-hydrogen) atoms. The maximum absolute atomic E-state index is 13.3. The monoisotopic (exact) mass is 251 g/mol. The summed E-state index contributed by atoms with van der Waals surface area (Å²) >= 11 is 1.90. The number of fused-ring (bicyclic) bond motifs is 1. The van der Waals surface area contributed by atoms with Gasteiger partial charge in [-0.15, -0.1) is 0 Å². The molecule has 1 heterocycles. The Labute approximate surface area is 106 Å². The fraction of sp³-hybridized carbons (Fsp3) is 0.429. The molecule has 3 heteroatoms. The van der Waals surface area contributed by atoms with Crippen LogP contribution in [0.4, 0.5) is 4.39 Å². The number of hydrogen-bond donors (Lipinski definition) is 0. The third-order valence-corrected chi connectivity index (χ3v) is 3.82. The molecule has 0 fully saturated rings. The van der Waals surface area contributed by atoms with Gasteiger partial charge in [-0.05, 0) is 43.4 Å². The third kappa shape index (κ3) is 2.49. The van der Waals surface area contributed by atoms with E-state index in [9.17, 15) is 4.39 Å². The van der Waals surface area contributed by atoms with Crippen molar-refractivity contribution in [1.29, 1.82) is 0 Å². The molecule has 0 radical (unpaired) electrons. The highest BCUT2D eigenvalue weighted by atomic mass is 32.2. The number of aromatic nitrogens is 1. The Morgan fingerprint density at radius 3 is 2.76 bits per heavy atom. The van der Waals surface area contributed by atoms with E-state index < -0.39 is 0 Å². The van der Waals surface area contributed by atoms with Gasteiger partial charge in [0.1, 0.15) is 5.82 Å². The molecular formula is C14H18FNS. The zero-order valence-electron chi connectivity index (χ0n) is 10.5. The molecule has 0 aliphatic rings. The normalized spacial score (nSPS) is 11.6. The first-order valence-corrected chi connectivity index (χ1v) is 7.15. The van der Waals surface area contributed by atoms with Crippen molar-refractivity contribution in [1.82, 2.24) is 4.57 Å². The van der Waals surface area contributed by atoms with Gasteiger partial charge in [0.05, 0.1) is 5.52 Å². The molecule has 0 spiro atoms. The average Bonchev–Trinajstić information content (AvgIpc) is 2.64. The first-order chi connectivity index (χ1) is 8.13. The summed E-state index contributed by atoms with van der Waals surface area (Å²) in [4.78, 5) is 0. The van der Waals surface area contributed by atoms with Crippen molar-refractivity contribution in [2.75, 3.05) is 5.75 Å². The maximum atomic E-state index is 13.3. The number of benzene rings is 1. The van der Waals surface area contributed by atoms with Gasteiger partial charge in [-0.25, -0.2) is 4.39 Å². The van der Waals surface area contributed by atoms with Gasteiger partial charge in [0.25, 0.3) is 0 Å². The molecule has 0 saturated carbocycles. The van der Waals surface area contributed by atoms with E-state index in [1.54, 1.807) is 12.1 Å². The van der Waals surface area contributed by atoms with E-state index in [0.29, 0.717) is 6.04 Å². The standard InChI is InChI=1S/C14H18FNS/c1-4-17-9-11-8-16(10(2)3)14-7-12(15)5-6-13(11)14/h5-8,10H,4,9H2,1-3H3. The van der Waals surface area contributed by atoms with E-state index in [4.69, 9.17) is 0 Å². The summed E-state index contributed by atoms with van der Waals surface area (Å²) in [5.41, 5.74) is 2.31. The van der Waals surface area contributed by atoms with Gasteiger partial charge in [-0.2, -0.15) is 11.8 Å². The smallest absolute Gasteiger partial charge is 0.125 e. The minimum absolute atomic E-state index is 0.160. The fourth-order valence-corrected chi connectivity index (χ4v) is 2.71. The third-order valence-electron chi connectivity index (χ3n) is 2.90. The molecule has 92 valence electrons. The SMILES string of the molecule is CCSCc1cn(C(C)C)c2cc(F)ccc12. The molecule has 1 nitrogen and oxygen atoms in total. The molecule has 0 bridgehead atoms. The van der Waals surface area contributed by atoms with Gasteiger partial charge in [0, 0.05) is 23.4 Å². The van der Waals surface area contributed by atoms with Crippen LogP contribution < -0.4 is 0 Å². The number of thioether (sulfide) groups is 1. The Balaban J connectivity index is 2.54. The molecule has 0 N–H and O–H groups in total. The van der Waals surface area contributed by atoms with Crippen LogP contribution in [0.3, 0.4) is 0 Å². The largest absolute Gasteiger partial charge is 0.345 e. The molecule has 1 aromatic heterocycles. The van der Waals surface area contributed by atoms with E-state index in [1.165, 1.54) is 10.9 Å². The molecule has 1 aromatic carbocycles. The lowest BCUT2D eigenvalue weighted by atomic mass is 10.2. The summed E-state index contributed by atoms with van der Waals surface area (Å²) in [6, 6.07) is 5.44. The van der Waals surface area contributed by atoms with E-state index >= 15 is 0 Å². The quantitative estimate of drug-likeness (QED) is 0.768. The second kappa shape index (κ2) is 5.13. The van der Waals surface area contributed by atoms with Crippen LogP contribution in [0.15, 0.2) is 24.4 Å². The minimum atomic E-state index is -0.160. The molecule has 2 rings (SSSR count). The summed E-state index contributed by atoms with van der Waals surface area (Å²) in [5.74, 6) is 1.95. The predicted octanol–water partition coefficient (Wildman–Crippen LogP) is 4.61. The predicted molar refractivity (Wildman–Crippen MR) is 74.1 cm³/mol. The van der Waals surface area contributed by atoms with Crippen LogP contribution in [0.25, 0.3) is 10.9 Å². The Morgan fingerprint density at radius 1 is 1.35 bits per heavy atom. The van der Waals surface area contributed by atoms with Crippen molar-refractivity contribution in [2.24, 2.45) is 0 Å². The van der Waals surface area contributed by atoms with Crippen molar-refractivity contribution in [2.45, 2.75) is 32.6 Å². The Hall–Kier alpha value is -0.960. The van der Waals surface area contributed by atoms with Crippen LogP contribution in [0.5, 0.6) is 0 Å². The van der Waals surface area contributed by atoms with E-state index in [1.807, 2.05) is 17.8 Å². The van der Waals surface area contributed by atoms with Crippen LogP contribution >= 0.6 is 11.8 Å². The van der Waals surface area contributed by atoms with Crippen LogP contribution in [-0.2, 0) is 5.75 Å². The lowest BCUT2D eigenvalue weighted by molar-refractivity contribution is 0.611. The van der Waals surface area contributed by atoms with Crippen LogP contribution in [0, 0.1) is 5.82 Å². The van der Waals surface area contributed by atoms with Gasteiger partial charge in [-0.3, -0.25) is 0 Å². The molecule has 0 amide bonds. The zero-order chi connectivity index (χ0) is 12.4.